The number of hydrogen-bond donors (Lipinski definition) is 1. The summed E-state index contributed by atoms with van der Waals surface area (Å²) >= 11 is 0. The van der Waals surface area contributed by atoms with Crippen LogP contribution in [0.25, 0.3) is 11.0 Å². The molecule has 0 saturated carbocycles. The van der Waals surface area contributed by atoms with E-state index in [1.165, 1.54) is 0 Å². The third kappa shape index (κ3) is 2.09. The first-order valence-electron chi connectivity index (χ1n) is 5.31. The summed E-state index contributed by atoms with van der Waals surface area (Å²) in [6.45, 7) is 8.92. The predicted octanol–water partition coefficient (Wildman–Crippen LogP) is 2.37. The molecule has 0 amide bonds. The van der Waals surface area contributed by atoms with Crippen molar-refractivity contribution in [3.05, 3.63) is 18.0 Å². The van der Waals surface area contributed by atoms with Crippen LogP contribution in [0.2, 0.25) is 0 Å². The number of aromatic nitrogens is 3. The van der Waals surface area contributed by atoms with E-state index in [9.17, 15) is 0 Å². The topological polar surface area (TPSA) is 56.7 Å². The minimum atomic E-state index is 0.346. The Morgan fingerprint density at radius 2 is 2.00 bits per heavy atom. The molecule has 0 spiro atoms. The highest BCUT2D eigenvalue weighted by atomic mass is 15.1. The Kier molecular flexibility index (Phi) is 3.66. The minimum Gasteiger partial charge on any atom is -0.368 e. The van der Waals surface area contributed by atoms with Crippen LogP contribution >= 0.6 is 0 Å². The summed E-state index contributed by atoms with van der Waals surface area (Å²) < 4.78 is 2.06. The molecule has 82 valence electrons. The minimum absolute atomic E-state index is 0.346. The zero-order chi connectivity index (χ0) is 11.4. The highest BCUT2D eigenvalue weighted by Gasteiger charge is 2.05. The van der Waals surface area contributed by atoms with Gasteiger partial charge in [-0.1, -0.05) is 13.8 Å². The molecule has 2 aromatic heterocycles. The Morgan fingerprint density at radius 1 is 1.33 bits per heavy atom. The molecule has 0 aliphatic carbocycles. The highest BCUT2D eigenvalue weighted by molar-refractivity contribution is 5.79. The number of nitrogen functional groups attached to an aromatic ring is 1. The van der Waals surface area contributed by atoms with Gasteiger partial charge >= 0.3 is 0 Å². The second-order valence-corrected chi connectivity index (χ2v) is 3.01. The first-order chi connectivity index (χ1) is 7.22. The van der Waals surface area contributed by atoms with Gasteiger partial charge < -0.3 is 10.3 Å². The SMILES string of the molecule is CC.CCn1ccc2c(C)nc(N)nc21. The Hall–Kier alpha value is -1.58. The Bertz CT molecular complexity index is 445. The van der Waals surface area contributed by atoms with Gasteiger partial charge in [0, 0.05) is 18.1 Å². The fraction of sp³-hybridized carbons (Fsp3) is 0.455. The van der Waals surface area contributed by atoms with Gasteiger partial charge in [-0.15, -0.1) is 0 Å². The van der Waals surface area contributed by atoms with Crippen LogP contribution in [-0.4, -0.2) is 14.5 Å². The first-order valence-corrected chi connectivity index (χ1v) is 5.31. The van der Waals surface area contributed by atoms with Crippen molar-refractivity contribution < 1.29 is 0 Å². The van der Waals surface area contributed by atoms with Crippen molar-refractivity contribution in [2.45, 2.75) is 34.2 Å². The third-order valence-corrected chi connectivity index (χ3v) is 2.17. The number of nitrogens with two attached hydrogens (primary N) is 1. The molecule has 0 aliphatic rings. The molecule has 0 aliphatic heterocycles. The molecule has 15 heavy (non-hydrogen) atoms. The molecule has 4 nitrogen and oxygen atoms in total. The quantitative estimate of drug-likeness (QED) is 0.779. The summed E-state index contributed by atoms with van der Waals surface area (Å²) in [6, 6.07) is 2.02. The fourth-order valence-corrected chi connectivity index (χ4v) is 1.49. The van der Waals surface area contributed by atoms with Crippen molar-refractivity contribution in [3.63, 3.8) is 0 Å². The molecular weight excluding hydrogens is 188 g/mol. The lowest BCUT2D eigenvalue weighted by Gasteiger charge is -2.01. The molecule has 0 radical (unpaired) electrons. The van der Waals surface area contributed by atoms with Crippen molar-refractivity contribution >= 4 is 17.0 Å². The Labute approximate surface area is 90.1 Å². The van der Waals surface area contributed by atoms with Gasteiger partial charge in [-0.2, -0.15) is 4.98 Å². The summed E-state index contributed by atoms with van der Waals surface area (Å²) in [7, 11) is 0. The van der Waals surface area contributed by atoms with Crippen molar-refractivity contribution in [2.75, 3.05) is 5.73 Å². The zero-order valence-corrected chi connectivity index (χ0v) is 9.78. The molecule has 2 heterocycles. The molecule has 2 N–H and O–H groups in total. The maximum atomic E-state index is 5.57. The molecule has 0 saturated heterocycles. The van der Waals surface area contributed by atoms with Crippen LogP contribution in [0, 0.1) is 6.92 Å². The van der Waals surface area contributed by atoms with Crippen LogP contribution in [0.15, 0.2) is 12.3 Å². The van der Waals surface area contributed by atoms with Gasteiger partial charge in [0.05, 0.1) is 5.69 Å². The van der Waals surface area contributed by atoms with Crippen LogP contribution in [-0.2, 0) is 6.54 Å². The van der Waals surface area contributed by atoms with Gasteiger partial charge in [0.15, 0.2) is 0 Å². The van der Waals surface area contributed by atoms with Gasteiger partial charge in [0.1, 0.15) is 5.65 Å². The van der Waals surface area contributed by atoms with Gasteiger partial charge in [0.2, 0.25) is 5.95 Å². The van der Waals surface area contributed by atoms with Gasteiger partial charge in [-0.25, -0.2) is 4.98 Å². The van der Waals surface area contributed by atoms with E-state index in [-0.39, 0.29) is 0 Å². The molecule has 2 aromatic rings. The summed E-state index contributed by atoms with van der Waals surface area (Å²) in [4.78, 5) is 8.30. The third-order valence-electron chi connectivity index (χ3n) is 2.17. The molecular formula is C11H18N4. The van der Waals surface area contributed by atoms with E-state index >= 15 is 0 Å². The monoisotopic (exact) mass is 206 g/mol. The van der Waals surface area contributed by atoms with Crippen molar-refractivity contribution in [3.8, 4) is 0 Å². The molecule has 4 heteroatoms. The van der Waals surface area contributed by atoms with Crippen LogP contribution < -0.4 is 5.73 Å². The molecule has 0 bridgehead atoms. The van der Waals surface area contributed by atoms with E-state index in [0.29, 0.717) is 5.95 Å². The fourth-order valence-electron chi connectivity index (χ4n) is 1.49. The molecule has 2 rings (SSSR count). The lowest BCUT2D eigenvalue weighted by atomic mass is 10.3. The highest BCUT2D eigenvalue weighted by Crippen LogP contribution is 2.16. The van der Waals surface area contributed by atoms with Crippen LogP contribution in [0.5, 0.6) is 0 Å². The Balaban J connectivity index is 0.000000531. The van der Waals surface area contributed by atoms with E-state index in [2.05, 4.69) is 21.5 Å². The van der Waals surface area contributed by atoms with Gasteiger partial charge in [-0.3, -0.25) is 0 Å². The molecule has 0 aromatic carbocycles. The number of aryl methyl sites for hydroxylation is 2. The van der Waals surface area contributed by atoms with Crippen LogP contribution in [0.4, 0.5) is 5.95 Å². The summed E-state index contributed by atoms with van der Waals surface area (Å²) in [5, 5.41) is 1.08. The summed E-state index contributed by atoms with van der Waals surface area (Å²) in [6.07, 6.45) is 2.01. The Morgan fingerprint density at radius 3 is 2.60 bits per heavy atom. The van der Waals surface area contributed by atoms with E-state index in [1.54, 1.807) is 0 Å². The second kappa shape index (κ2) is 4.77. The summed E-state index contributed by atoms with van der Waals surface area (Å²) in [5.41, 5.74) is 7.44. The number of anilines is 1. The molecule has 0 atom stereocenters. The maximum Gasteiger partial charge on any atom is 0.222 e. The molecule has 0 fully saturated rings. The molecule has 0 unspecified atom stereocenters. The second-order valence-electron chi connectivity index (χ2n) is 3.01. The number of nitrogens with zero attached hydrogens (tertiary/aromatic N) is 3. The standard InChI is InChI=1S/C9H12N4.C2H6/c1-3-13-5-4-7-6(2)11-9(10)12-8(7)13;1-2/h4-5H,3H2,1-2H3,(H2,10,11,12);1-2H3. The van der Waals surface area contributed by atoms with Gasteiger partial charge in [0.25, 0.3) is 0 Å². The van der Waals surface area contributed by atoms with E-state index in [1.807, 2.05) is 33.0 Å². The van der Waals surface area contributed by atoms with E-state index in [0.717, 1.165) is 23.3 Å². The smallest absolute Gasteiger partial charge is 0.222 e. The normalized spacial score (nSPS) is 9.87. The van der Waals surface area contributed by atoms with Crippen molar-refractivity contribution in [2.24, 2.45) is 0 Å². The lowest BCUT2D eigenvalue weighted by molar-refractivity contribution is 0.787. The largest absolute Gasteiger partial charge is 0.368 e. The number of rotatable bonds is 1. The van der Waals surface area contributed by atoms with E-state index < -0.39 is 0 Å². The van der Waals surface area contributed by atoms with Crippen LogP contribution in [0.3, 0.4) is 0 Å². The first kappa shape index (κ1) is 11.5. The number of fused-ring (bicyclic) bond motifs is 1. The summed E-state index contributed by atoms with van der Waals surface area (Å²) in [5.74, 6) is 0.346. The predicted molar refractivity (Wildman–Crippen MR) is 63.7 cm³/mol. The van der Waals surface area contributed by atoms with Crippen molar-refractivity contribution in [1.29, 1.82) is 0 Å². The average molecular weight is 206 g/mol. The lowest BCUT2D eigenvalue weighted by Crippen LogP contribution is -2.00. The van der Waals surface area contributed by atoms with E-state index in [4.69, 9.17) is 5.73 Å². The zero-order valence-electron chi connectivity index (χ0n) is 9.78. The van der Waals surface area contributed by atoms with Crippen molar-refractivity contribution in [1.82, 2.24) is 14.5 Å². The number of hydrogen-bond acceptors (Lipinski definition) is 3. The van der Waals surface area contributed by atoms with Gasteiger partial charge in [-0.05, 0) is 19.9 Å². The average Bonchev–Trinajstić information content (AvgIpc) is 2.64. The maximum absolute atomic E-state index is 5.57. The van der Waals surface area contributed by atoms with Crippen LogP contribution in [0.1, 0.15) is 26.5 Å².